The molecule has 2 aromatic rings. The molecule has 0 bridgehead atoms. The molecule has 2 nitrogen and oxygen atoms in total. The van der Waals surface area contributed by atoms with Gasteiger partial charge >= 0.3 is 0 Å². The molecule has 0 aliphatic carbocycles. The van der Waals surface area contributed by atoms with Crippen LogP contribution in [0.1, 0.15) is 17.9 Å². The van der Waals surface area contributed by atoms with E-state index in [1.165, 1.54) is 5.56 Å². The topological polar surface area (TPSA) is 21.3 Å². The standard InChI is InChI=1S/C16H14Cl2FNO/c17-13-7-11(8-14(18)16(13)19)20-9-10-5-6-21-15-4-2-1-3-12(10)15/h1-4,7-8,10,20H,5-6,9H2. The zero-order valence-electron chi connectivity index (χ0n) is 11.2. The van der Waals surface area contributed by atoms with Crippen LogP contribution in [0.2, 0.25) is 10.0 Å². The first-order chi connectivity index (χ1) is 10.1. The van der Waals surface area contributed by atoms with Crippen LogP contribution in [0.25, 0.3) is 0 Å². The van der Waals surface area contributed by atoms with Gasteiger partial charge in [-0.05, 0) is 30.2 Å². The first kappa shape index (κ1) is 14.5. The summed E-state index contributed by atoms with van der Waals surface area (Å²) < 4.78 is 19.0. The van der Waals surface area contributed by atoms with Gasteiger partial charge in [-0.25, -0.2) is 4.39 Å². The molecule has 5 heteroatoms. The van der Waals surface area contributed by atoms with Gasteiger partial charge in [0.15, 0.2) is 5.82 Å². The number of anilines is 1. The Hall–Kier alpha value is -1.45. The van der Waals surface area contributed by atoms with E-state index in [0.29, 0.717) is 12.5 Å². The van der Waals surface area contributed by atoms with Crippen LogP contribution in [0.3, 0.4) is 0 Å². The summed E-state index contributed by atoms with van der Waals surface area (Å²) in [5.41, 5.74) is 1.91. The number of hydrogen-bond acceptors (Lipinski definition) is 2. The highest BCUT2D eigenvalue weighted by Gasteiger charge is 2.20. The van der Waals surface area contributed by atoms with Gasteiger partial charge in [0.2, 0.25) is 0 Å². The maximum absolute atomic E-state index is 13.4. The summed E-state index contributed by atoms with van der Waals surface area (Å²) >= 11 is 11.6. The summed E-state index contributed by atoms with van der Waals surface area (Å²) in [6.07, 6.45) is 0.937. The lowest BCUT2D eigenvalue weighted by Gasteiger charge is -2.26. The average Bonchev–Trinajstić information content (AvgIpc) is 2.50. The lowest BCUT2D eigenvalue weighted by molar-refractivity contribution is 0.270. The van der Waals surface area contributed by atoms with Crippen molar-refractivity contribution < 1.29 is 9.13 Å². The van der Waals surface area contributed by atoms with Crippen LogP contribution in [0, 0.1) is 5.82 Å². The van der Waals surface area contributed by atoms with E-state index in [1.54, 1.807) is 12.1 Å². The molecule has 1 unspecified atom stereocenters. The molecule has 0 saturated heterocycles. The smallest absolute Gasteiger partial charge is 0.160 e. The Balaban J connectivity index is 1.74. The van der Waals surface area contributed by atoms with Crippen molar-refractivity contribution in [2.45, 2.75) is 12.3 Å². The van der Waals surface area contributed by atoms with E-state index in [-0.39, 0.29) is 10.0 Å². The summed E-state index contributed by atoms with van der Waals surface area (Å²) in [7, 11) is 0. The lowest BCUT2D eigenvalue weighted by Crippen LogP contribution is -2.20. The molecule has 0 fully saturated rings. The van der Waals surface area contributed by atoms with Crippen LogP contribution in [0.4, 0.5) is 10.1 Å². The van der Waals surface area contributed by atoms with Crippen molar-refractivity contribution >= 4 is 28.9 Å². The number of fused-ring (bicyclic) bond motifs is 1. The predicted octanol–water partition coefficient (Wildman–Crippen LogP) is 5.11. The molecule has 0 amide bonds. The van der Waals surface area contributed by atoms with Crippen molar-refractivity contribution in [3.05, 3.63) is 57.8 Å². The minimum absolute atomic E-state index is 0.0253. The van der Waals surface area contributed by atoms with E-state index in [2.05, 4.69) is 11.4 Å². The van der Waals surface area contributed by atoms with E-state index in [0.717, 1.165) is 24.4 Å². The van der Waals surface area contributed by atoms with Crippen molar-refractivity contribution in [3.8, 4) is 5.75 Å². The summed E-state index contributed by atoms with van der Waals surface area (Å²) in [5.74, 6) is 0.698. The normalized spacial score (nSPS) is 17.0. The molecule has 110 valence electrons. The molecule has 2 aromatic carbocycles. The quantitative estimate of drug-likeness (QED) is 0.791. The Labute approximate surface area is 132 Å². The molecule has 1 N–H and O–H groups in total. The molecule has 1 heterocycles. The molecule has 0 aromatic heterocycles. The number of ether oxygens (including phenoxy) is 1. The second kappa shape index (κ2) is 6.12. The van der Waals surface area contributed by atoms with Crippen LogP contribution in [0.15, 0.2) is 36.4 Å². The van der Waals surface area contributed by atoms with Crippen LogP contribution >= 0.6 is 23.2 Å². The van der Waals surface area contributed by atoms with E-state index in [9.17, 15) is 4.39 Å². The molecule has 1 atom stereocenters. The number of halogens is 3. The van der Waals surface area contributed by atoms with Gasteiger partial charge in [0.1, 0.15) is 5.75 Å². The highest BCUT2D eigenvalue weighted by atomic mass is 35.5. The number of hydrogen-bond donors (Lipinski definition) is 1. The van der Waals surface area contributed by atoms with E-state index in [1.807, 2.05) is 18.2 Å². The van der Waals surface area contributed by atoms with Crippen molar-refractivity contribution in [1.29, 1.82) is 0 Å². The predicted molar refractivity (Wildman–Crippen MR) is 84.2 cm³/mol. The lowest BCUT2D eigenvalue weighted by atomic mass is 9.93. The van der Waals surface area contributed by atoms with Crippen LogP contribution in [0.5, 0.6) is 5.75 Å². The third-order valence-electron chi connectivity index (χ3n) is 3.62. The van der Waals surface area contributed by atoms with Gasteiger partial charge in [0.05, 0.1) is 16.7 Å². The summed E-state index contributed by atoms with van der Waals surface area (Å²) in [4.78, 5) is 0. The number of rotatable bonds is 3. The fourth-order valence-electron chi connectivity index (χ4n) is 2.53. The molecule has 0 radical (unpaired) electrons. The van der Waals surface area contributed by atoms with Crippen LogP contribution in [-0.4, -0.2) is 13.2 Å². The van der Waals surface area contributed by atoms with Crippen LogP contribution < -0.4 is 10.1 Å². The first-order valence-corrected chi connectivity index (χ1v) is 7.51. The van der Waals surface area contributed by atoms with Gasteiger partial charge in [0.25, 0.3) is 0 Å². The third-order valence-corrected chi connectivity index (χ3v) is 4.17. The zero-order chi connectivity index (χ0) is 14.8. The molecule has 0 saturated carbocycles. The summed E-state index contributed by atoms with van der Waals surface area (Å²) in [6, 6.07) is 11.1. The van der Waals surface area contributed by atoms with Crippen molar-refractivity contribution in [1.82, 2.24) is 0 Å². The van der Waals surface area contributed by atoms with Gasteiger partial charge in [-0.3, -0.25) is 0 Å². The molecule has 1 aliphatic heterocycles. The fraction of sp³-hybridized carbons (Fsp3) is 0.250. The van der Waals surface area contributed by atoms with Crippen molar-refractivity contribution in [2.24, 2.45) is 0 Å². The van der Waals surface area contributed by atoms with E-state index < -0.39 is 5.82 Å². The number of para-hydroxylation sites is 1. The van der Waals surface area contributed by atoms with Gasteiger partial charge in [-0.15, -0.1) is 0 Å². The molecular weight excluding hydrogens is 312 g/mol. The van der Waals surface area contributed by atoms with Gasteiger partial charge in [0, 0.05) is 18.2 Å². The van der Waals surface area contributed by atoms with Crippen molar-refractivity contribution in [2.75, 3.05) is 18.5 Å². The maximum atomic E-state index is 13.4. The first-order valence-electron chi connectivity index (χ1n) is 6.75. The highest BCUT2D eigenvalue weighted by Crippen LogP contribution is 2.34. The minimum Gasteiger partial charge on any atom is -0.493 e. The van der Waals surface area contributed by atoms with Gasteiger partial charge in [-0.2, -0.15) is 0 Å². The Kier molecular flexibility index (Phi) is 4.22. The average molecular weight is 326 g/mol. The van der Waals surface area contributed by atoms with E-state index in [4.69, 9.17) is 27.9 Å². The van der Waals surface area contributed by atoms with Gasteiger partial charge in [-0.1, -0.05) is 41.4 Å². The van der Waals surface area contributed by atoms with E-state index >= 15 is 0 Å². The summed E-state index contributed by atoms with van der Waals surface area (Å²) in [5, 5.41) is 3.32. The third kappa shape index (κ3) is 3.09. The van der Waals surface area contributed by atoms with Crippen molar-refractivity contribution in [3.63, 3.8) is 0 Å². The van der Waals surface area contributed by atoms with Crippen LogP contribution in [-0.2, 0) is 0 Å². The second-order valence-electron chi connectivity index (χ2n) is 5.01. The monoisotopic (exact) mass is 325 g/mol. The molecule has 0 spiro atoms. The largest absolute Gasteiger partial charge is 0.493 e. The molecule has 3 rings (SSSR count). The number of nitrogens with one attached hydrogen (secondary N) is 1. The fourth-order valence-corrected chi connectivity index (χ4v) is 3.01. The van der Waals surface area contributed by atoms with Gasteiger partial charge < -0.3 is 10.1 Å². The zero-order valence-corrected chi connectivity index (χ0v) is 12.7. The Morgan fingerprint density at radius 2 is 1.90 bits per heavy atom. The Morgan fingerprint density at radius 1 is 1.19 bits per heavy atom. The maximum Gasteiger partial charge on any atom is 0.160 e. The molecule has 21 heavy (non-hydrogen) atoms. The summed E-state index contributed by atoms with van der Waals surface area (Å²) in [6.45, 7) is 1.42. The molecule has 1 aliphatic rings. The minimum atomic E-state index is -0.583. The Morgan fingerprint density at radius 3 is 2.67 bits per heavy atom. The molecular formula is C16H14Cl2FNO. The SMILES string of the molecule is Fc1c(Cl)cc(NCC2CCOc3ccccc32)cc1Cl. The Bertz CT molecular complexity index is 639. The second-order valence-corrected chi connectivity index (χ2v) is 5.82. The highest BCUT2D eigenvalue weighted by molar-refractivity contribution is 6.35. The number of benzene rings is 2.